The SMILES string of the molecule is O=C(c1n[nH]c(Br)c1Br)N1CCN(Cc2c(Cl)cccc2Cl)CC1. The summed E-state index contributed by atoms with van der Waals surface area (Å²) in [6.07, 6.45) is 0. The average molecular weight is 497 g/mol. The number of H-pyrrole nitrogens is 1. The summed E-state index contributed by atoms with van der Waals surface area (Å²) in [6.45, 7) is 3.47. The summed E-state index contributed by atoms with van der Waals surface area (Å²) >= 11 is 19.1. The molecule has 128 valence electrons. The van der Waals surface area contributed by atoms with E-state index in [4.69, 9.17) is 23.2 Å². The van der Waals surface area contributed by atoms with Crippen molar-refractivity contribution >= 4 is 61.0 Å². The Morgan fingerprint density at radius 3 is 2.33 bits per heavy atom. The average Bonchev–Trinajstić information content (AvgIpc) is 2.90. The predicted octanol–water partition coefficient (Wildman–Crippen LogP) is 4.20. The number of rotatable bonds is 3. The summed E-state index contributed by atoms with van der Waals surface area (Å²) in [5.41, 5.74) is 1.32. The van der Waals surface area contributed by atoms with Gasteiger partial charge in [0, 0.05) is 48.3 Å². The number of hydrogen-bond donors (Lipinski definition) is 1. The van der Waals surface area contributed by atoms with Gasteiger partial charge in [0.05, 0.1) is 4.47 Å². The van der Waals surface area contributed by atoms with E-state index in [1.165, 1.54) is 0 Å². The Morgan fingerprint density at radius 2 is 1.79 bits per heavy atom. The number of aromatic nitrogens is 2. The molecule has 1 amide bonds. The van der Waals surface area contributed by atoms with Crippen molar-refractivity contribution in [3.8, 4) is 0 Å². The zero-order valence-electron chi connectivity index (χ0n) is 12.5. The molecule has 24 heavy (non-hydrogen) atoms. The van der Waals surface area contributed by atoms with Crippen LogP contribution in [0.5, 0.6) is 0 Å². The largest absolute Gasteiger partial charge is 0.335 e. The Morgan fingerprint density at radius 1 is 1.17 bits per heavy atom. The molecule has 1 aromatic carbocycles. The maximum atomic E-state index is 12.5. The van der Waals surface area contributed by atoms with Crippen LogP contribution in [-0.4, -0.2) is 52.1 Å². The first-order valence-electron chi connectivity index (χ1n) is 7.31. The van der Waals surface area contributed by atoms with E-state index in [-0.39, 0.29) is 5.91 Å². The highest BCUT2D eigenvalue weighted by molar-refractivity contribution is 9.13. The summed E-state index contributed by atoms with van der Waals surface area (Å²) < 4.78 is 1.32. The number of piperazine rings is 1. The number of benzene rings is 1. The third-order valence-corrected chi connectivity index (χ3v) is 6.56. The fourth-order valence-electron chi connectivity index (χ4n) is 2.61. The Balaban J connectivity index is 1.62. The number of carbonyl (C=O) groups is 1. The van der Waals surface area contributed by atoms with Crippen LogP contribution in [0.1, 0.15) is 16.1 Å². The Labute approximate surface area is 166 Å². The zero-order chi connectivity index (χ0) is 17.3. The van der Waals surface area contributed by atoms with Crippen molar-refractivity contribution in [3.63, 3.8) is 0 Å². The highest BCUT2D eigenvalue weighted by Gasteiger charge is 2.26. The molecular weight excluding hydrogens is 483 g/mol. The van der Waals surface area contributed by atoms with Crippen LogP contribution in [0.25, 0.3) is 0 Å². The summed E-state index contributed by atoms with van der Waals surface area (Å²) in [5, 5.41) is 8.13. The smallest absolute Gasteiger partial charge is 0.275 e. The lowest BCUT2D eigenvalue weighted by Crippen LogP contribution is -2.48. The van der Waals surface area contributed by atoms with Crippen LogP contribution in [0.2, 0.25) is 10.0 Å². The molecule has 9 heteroatoms. The molecule has 0 aliphatic carbocycles. The van der Waals surface area contributed by atoms with E-state index in [1.807, 2.05) is 18.2 Å². The number of aromatic amines is 1. The Hall–Kier alpha value is -0.600. The summed E-state index contributed by atoms with van der Waals surface area (Å²) in [4.78, 5) is 16.6. The monoisotopic (exact) mass is 494 g/mol. The molecule has 1 aliphatic rings. The van der Waals surface area contributed by atoms with Crippen LogP contribution < -0.4 is 0 Å². The summed E-state index contributed by atoms with van der Waals surface area (Å²) in [7, 11) is 0. The molecule has 0 unspecified atom stereocenters. The van der Waals surface area contributed by atoms with Crippen LogP contribution in [0, 0.1) is 0 Å². The zero-order valence-corrected chi connectivity index (χ0v) is 17.2. The van der Waals surface area contributed by atoms with Crippen LogP contribution in [0.3, 0.4) is 0 Å². The number of carbonyl (C=O) groups excluding carboxylic acids is 1. The van der Waals surface area contributed by atoms with Gasteiger partial charge in [-0.15, -0.1) is 0 Å². The molecule has 1 fully saturated rings. The number of hydrogen-bond acceptors (Lipinski definition) is 3. The van der Waals surface area contributed by atoms with E-state index >= 15 is 0 Å². The summed E-state index contributed by atoms with van der Waals surface area (Å²) in [6, 6.07) is 5.52. The Kier molecular flexibility index (Phi) is 5.87. The first kappa shape index (κ1) is 18.2. The van der Waals surface area contributed by atoms with Crippen molar-refractivity contribution in [2.24, 2.45) is 0 Å². The molecule has 2 heterocycles. The normalized spacial score (nSPS) is 15.8. The van der Waals surface area contributed by atoms with E-state index in [1.54, 1.807) is 4.90 Å². The van der Waals surface area contributed by atoms with Crippen molar-refractivity contribution in [2.45, 2.75) is 6.54 Å². The van der Waals surface area contributed by atoms with Gasteiger partial charge in [0.25, 0.3) is 5.91 Å². The fourth-order valence-corrected chi connectivity index (χ4v) is 3.75. The van der Waals surface area contributed by atoms with Crippen molar-refractivity contribution in [3.05, 3.63) is 48.6 Å². The second kappa shape index (κ2) is 7.74. The van der Waals surface area contributed by atoms with Gasteiger partial charge >= 0.3 is 0 Å². The van der Waals surface area contributed by atoms with E-state index in [0.717, 1.165) is 18.7 Å². The summed E-state index contributed by atoms with van der Waals surface area (Å²) in [5.74, 6) is -0.0840. The van der Waals surface area contributed by atoms with Gasteiger partial charge in [0.2, 0.25) is 0 Å². The van der Waals surface area contributed by atoms with E-state index in [0.29, 0.717) is 44.4 Å². The number of halogens is 4. The quantitative estimate of drug-likeness (QED) is 0.693. The van der Waals surface area contributed by atoms with Gasteiger partial charge in [-0.2, -0.15) is 5.10 Å². The fraction of sp³-hybridized carbons (Fsp3) is 0.333. The molecule has 1 N–H and O–H groups in total. The van der Waals surface area contributed by atoms with Gasteiger partial charge in [-0.05, 0) is 44.0 Å². The minimum Gasteiger partial charge on any atom is -0.335 e. The lowest BCUT2D eigenvalue weighted by Gasteiger charge is -2.34. The first-order chi connectivity index (χ1) is 11.5. The van der Waals surface area contributed by atoms with Crippen LogP contribution in [-0.2, 0) is 6.54 Å². The van der Waals surface area contributed by atoms with Gasteiger partial charge in [0.1, 0.15) is 4.60 Å². The maximum Gasteiger partial charge on any atom is 0.275 e. The standard InChI is InChI=1S/C15H14Br2Cl2N4O/c16-12-13(20-21-14(12)17)15(24)23-6-4-22(5-7-23)8-9-10(18)2-1-3-11(9)19/h1-3H,4-8H2,(H,20,21). The molecule has 5 nitrogen and oxygen atoms in total. The molecule has 3 rings (SSSR count). The van der Waals surface area contributed by atoms with Crippen molar-refractivity contribution in [1.82, 2.24) is 20.0 Å². The minimum absolute atomic E-state index is 0.0840. The minimum atomic E-state index is -0.0840. The number of amides is 1. The third-order valence-electron chi connectivity index (χ3n) is 3.97. The van der Waals surface area contributed by atoms with Gasteiger partial charge in [-0.25, -0.2) is 0 Å². The van der Waals surface area contributed by atoms with Crippen molar-refractivity contribution in [1.29, 1.82) is 0 Å². The van der Waals surface area contributed by atoms with Gasteiger partial charge in [-0.3, -0.25) is 14.8 Å². The molecule has 0 spiro atoms. The van der Waals surface area contributed by atoms with Crippen LogP contribution >= 0.6 is 55.1 Å². The molecular formula is C15H14Br2Cl2N4O. The molecule has 1 aliphatic heterocycles. The number of nitrogens with one attached hydrogen (secondary N) is 1. The molecule has 1 saturated heterocycles. The Bertz CT molecular complexity index is 740. The molecule has 0 bridgehead atoms. The topological polar surface area (TPSA) is 52.2 Å². The third kappa shape index (κ3) is 3.80. The first-order valence-corrected chi connectivity index (χ1v) is 9.65. The van der Waals surface area contributed by atoms with E-state index in [2.05, 4.69) is 47.0 Å². The lowest BCUT2D eigenvalue weighted by molar-refractivity contribution is 0.0622. The van der Waals surface area contributed by atoms with Gasteiger partial charge < -0.3 is 4.90 Å². The van der Waals surface area contributed by atoms with Crippen molar-refractivity contribution in [2.75, 3.05) is 26.2 Å². The van der Waals surface area contributed by atoms with E-state index < -0.39 is 0 Å². The molecule has 0 atom stereocenters. The van der Waals surface area contributed by atoms with E-state index in [9.17, 15) is 4.79 Å². The molecule has 1 aromatic heterocycles. The molecule has 0 radical (unpaired) electrons. The van der Waals surface area contributed by atoms with Gasteiger partial charge in [-0.1, -0.05) is 29.3 Å². The van der Waals surface area contributed by atoms with Gasteiger partial charge in [0.15, 0.2) is 5.69 Å². The van der Waals surface area contributed by atoms with Crippen LogP contribution in [0.15, 0.2) is 27.3 Å². The highest BCUT2D eigenvalue weighted by Crippen LogP contribution is 2.27. The second-order valence-electron chi connectivity index (χ2n) is 5.47. The van der Waals surface area contributed by atoms with Crippen LogP contribution in [0.4, 0.5) is 0 Å². The predicted molar refractivity (Wildman–Crippen MR) is 102 cm³/mol. The molecule has 2 aromatic rings. The lowest BCUT2D eigenvalue weighted by atomic mass is 10.2. The maximum absolute atomic E-state index is 12.5. The van der Waals surface area contributed by atoms with Crippen molar-refractivity contribution < 1.29 is 4.79 Å². The highest BCUT2D eigenvalue weighted by atomic mass is 79.9. The second-order valence-corrected chi connectivity index (χ2v) is 7.87. The number of nitrogens with zero attached hydrogens (tertiary/aromatic N) is 3. The molecule has 0 saturated carbocycles.